The Morgan fingerprint density at radius 2 is 1.93 bits per heavy atom. The average molecular weight is 397 g/mol. The van der Waals surface area contributed by atoms with E-state index >= 15 is 0 Å². The molecular weight excluding hydrogens is 376 g/mol. The van der Waals surface area contributed by atoms with Crippen molar-refractivity contribution in [3.8, 4) is 5.75 Å². The number of aromatic nitrogens is 1. The van der Waals surface area contributed by atoms with E-state index < -0.39 is 5.97 Å². The maximum atomic E-state index is 12.8. The van der Waals surface area contributed by atoms with Gasteiger partial charge in [0.25, 0.3) is 0 Å². The van der Waals surface area contributed by atoms with Gasteiger partial charge in [0.15, 0.2) is 5.75 Å². The Bertz CT molecular complexity index is 988. The van der Waals surface area contributed by atoms with Crippen molar-refractivity contribution in [2.75, 3.05) is 26.3 Å². The van der Waals surface area contributed by atoms with Gasteiger partial charge in [-0.3, -0.25) is 9.88 Å². The molecule has 2 aromatic carbocycles. The molecule has 3 aromatic rings. The third-order valence-corrected chi connectivity index (χ3v) is 5.38. The van der Waals surface area contributed by atoms with E-state index in [-0.39, 0.29) is 6.04 Å². The fourth-order valence-electron chi connectivity index (χ4n) is 3.50. The maximum Gasteiger partial charge on any atom is 0.343 e. The van der Waals surface area contributed by atoms with E-state index in [4.69, 9.17) is 21.1 Å². The van der Waals surface area contributed by atoms with E-state index in [1.54, 1.807) is 18.3 Å². The predicted molar refractivity (Wildman–Crippen MR) is 109 cm³/mol. The molecule has 0 N–H and O–H groups in total. The molecule has 0 bridgehead atoms. The predicted octanol–water partition coefficient (Wildman–Crippen LogP) is 4.50. The Kier molecular flexibility index (Phi) is 5.57. The molecule has 28 heavy (non-hydrogen) atoms. The summed E-state index contributed by atoms with van der Waals surface area (Å²) in [6.45, 7) is 5.08. The van der Waals surface area contributed by atoms with Gasteiger partial charge in [-0.05, 0) is 37.3 Å². The Labute approximate surface area is 168 Å². The van der Waals surface area contributed by atoms with Crippen molar-refractivity contribution in [2.24, 2.45) is 0 Å². The molecule has 0 aliphatic carbocycles. The lowest BCUT2D eigenvalue weighted by atomic mass is 10.0. The first-order valence-electron chi connectivity index (χ1n) is 9.31. The van der Waals surface area contributed by atoms with Crippen LogP contribution >= 0.6 is 11.6 Å². The minimum Gasteiger partial charge on any atom is -0.420 e. The number of rotatable bonds is 4. The van der Waals surface area contributed by atoms with Crippen LogP contribution in [-0.4, -0.2) is 42.2 Å². The Morgan fingerprint density at radius 3 is 2.68 bits per heavy atom. The molecule has 1 aliphatic rings. The second-order valence-electron chi connectivity index (χ2n) is 6.76. The van der Waals surface area contributed by atoms with Gasteiger partial charge in [-0.1, -0.05) is 29.8 Å². The summed E-state index contributed by atoms with van der Waals surface area (Å²) < 4.78 is 11.4. The van der Waals surface area contributed by atoms with Gasteiger partial charge in [-0.25, -0.2) is 4.79 Å². The summed E-state index contributed by atoms with van der Waals surface area (Å²) in [7, 11) is 0. The maximum absolute atomic E-state index is 12.8. The number of fused-ring (bicyclic) bond motifs is 1. The molecule has 0 spiro atoms. The lowest BCUT2D eigenvalue weighted by molar-refractivity contribution is 0.0193. The number of carbonyl (C=O) groups is 1. The van der Waals surface area contributed by atoms with Crippen molar-refractivity contribution < 1.29 is 14.3 Å². The smallest absolute Gasteiger partial charge is 0.343 e. The molecule has 1 aliphatic heterocycles. The van der Waals surface area contributed by atoms with Crippen LogP contribution in [0, 0.1) is 0 Å². The highest BCUT2D eigenvalue weighted by Gasteiger charge is 2.26. The number of hydrogen-bond acceptors (Lipinski definition) is 5. The van der Waals surface area contributed by atoms with E-state index in [1.165, 1.54) is 0 Å². The number of halogens is 1. The van der Waals surface area contributed by atoms with E-state index in [0.717, 1.165) is 24.0 Å². The molecule has 0 radical (unpaired) electrons. The van der Waals surface area contributed by atoms with Gasteiger partial charge in [0.2, 0.25) is 0 Å². The molecule has 1 atom stereocenters. The summed E-state index contributed by atoms with van der Waals surface area (Å²) in [6.07, 6.45) is 1.68. The van der Waals surface area contributed by atoms with Crippen LogP contribution in [0.5, 0.6) is 5.75 Å². The van der Waals surface area contributed by atoms with Crippen molar-refractivity contribution in [1.82, 2.24) is 9.88 Å². The summed E-state index contributed by atoms with van der Waals surface area (Å²) in [6, 6.07) is 14.6. The molecule has 144 valence electrons. The molecule has 2 heterocycles. The monoisotopic (exact) mass is 396 g/mol. The molecule has 0 amide bonds. The molecule has 5 nitrogen and oxygen atoms in total. The fraction of sp³-hybridized carbons (Fsp3) is 0.273. The van der Waals surface area contributed by atoms with Crippen LogP contribution in [-0.2, 0) is 4.74 Å². The molecule has 1 aromatic heterocycles. The summed E-state index contributed by atoms with van der Waals surface area (Å²) >= 11 is 6.55. The first-order valence-corrected chi connectivity index (χ1v) is 9.69. The minimum absolute atomic E-state index is 0.00591. The number of esters is 1. The largest absolute Gasteiger partial charge is 0.420 e. The topological polar surface area (TPSA) is 51.7 Å². The van der Waals surface area contributed by atoms with Crippen molar-refractivity contribution >= 4 is 28.5 Å². The first-order chi connectivity index (χ1) is 13.6. The van der Waals surface area contributed by atoms with Gasteiger partial charge in [0.1, 0.15) is 5.52 Å². The molecule has 6 heteroatoms. The number of ether oxygens (including phenoxy) is 2. The zero-order chi connectivity index (χ0) is 19.5. The van der Waals surface area contributed by atoms with Gasteiger partial charge < -0.3 is 9.47 Å². The average Bonchev–Trinajstić information content (AvgIpc) is 2.76. The van der Waals surface area contributed by atoms with Gasteiger partial charge in [0.05, 0.1) is 23.8 Å². The van der Waals surface area contributed by atoms with Crippen LogP contribution < -0.4 is 4.74 Å². The highest BCUT2D eigenvalue weighted by atomic mass is 35.5. The zero-order valence-electron chi connectivity index (χ0n) is 15.6. The Balaban J connectivity index is 1.79. The number of hydrogen-bond donors (Lipinski definition) is 0. The van der Waals surface area contributed by atoms with Crippen LogP contribution in [0.2, 0.25) is 5.02 Å². The number of pyridine rings is 1. The summed E-state index contributed by atoms with van der Waals surface area (Å²) in [5, 5.41) is 1.36. The highest BCUT2D eigenvalue weighted by molar-refractivity contribution is 6.35. The molecule has 4 rings (SSSR count). The number of carbonyl (C=O) groups excluding carboxylic acids is 1. The Hall–Kier alpha value is -2.47. The lowest BCUT2D eigenvalue weighted by Gasteiger charge is -2.33. The molecule has 1 unspecified atom stereocenters. The lowest BCUT2D eigenvalue weighted by Crippen LogP contribution is -2.38. The van der Waals surface area contributed by atoms with Crippen LogP contribution in [0.3, 0.4) is 0 Å². The van der Waals surface area contributed by atoms with Gasteiger partial charge >= 0.3 is 5.97 Å². The van der Waals surface area contributed by atoms with E-state index in [9.17, 15) is 4.79 Å². The normalized spacial score (nSPS) is 16.1. The zero-order valence-corrected chi connectivity index (χ0v) is 16.4. The van der Waals surface area contributed by atoms with Crippen molar-refractivity contribution in [2.45, 2.75) is 13.0 Å². The highest BCUT2D eigenvalue weighted by Crippen LogP contribution is 2.39. The molecule has 0 saturated carbocycles. The summed E-state index contributed by atoms with van der Waals surface area (Å²) in [5.41, 5.74) is 1.93. The minimum atomic E-state index is -0.412. The number of benzene rings is 2. The van der Waals surface area contributed by atoms with E-state index in [1.807, 2.05) is 36.4 Å². The third-order valence-electron chi connectivity index (χ3n) is 5.07. The standard InChI is InChI=1S/C22H21ClN2O3/c1-15(25-10-12-27-13-11-25)18-14-19(23)17-8-5-9-24-20(17)21(18)28-22(26)16-6-3-2-4-7-16/h2-9,14-15H,10-13H2,1H3. The van der Waals surface area contributed by atoms with Crippen LogP contribution in [0.4, 0.5) is 0 Å². The molecule has 1 fully saturated rings. The third kappa shape index (κ3) is 3.74. The van der Waals surface area contributed by atoms with Crippen LogP contribution in [0.15, 0.2) is 54.7 Å². The summed E-state index contributed by atoms with van der Waals surface area (Å²) in [4.78, 5) is 19.5. The van der Waals surface area contributed by atoms with Crippen LogP contribution in [0.25, 0.3) is 10.9 Å². The molecule has 1 saturated heterocycles. The van der Waals surface area contributed by atoms with Crippen molar-refractivity contribution in [3.63, 3.8) is 0 Å². The second-order valence-corrected chi connectivity index (χ2v) is 7.16. The van der Waals surface area contributed by atoms with Crippen molar-refractivity contribution in [3.05, 3.63) is 70.9 Å². The Morgan fingerprint density at radius 1 is 1.18 bits per heavy atom. The molecular formula is C22H21ClN2O3. The van der Waals surface area contributed by atoms with Crippen molar-refractivity contribution in [1.29, 1.82) is 0 Å². The fourth-order valence-corrected chi connectivity index (χ4v) is 3.77. The van der Waals surface area contributed by atoms with E-state index in [2.05, 4.69) is 16.8 Å². The van der Waals surface area contributed by atoms with Gasteiger partial charge in [-0.15, -0.1) is 0 Å². The number of morpholine rings is 1. The van der Waals surface area contributed by atoms with E-state index in [0.29, 0.717) is 35.1 Å². The SMILES string of the molecule is CC(c1cc(Cl)c2cccnc2c1OC(=O)c1ccccc1)N1CCOCC1. The number of nitrogens with zero attached hydrogens (tertiary/aromatic N) is 2. The van der Waals surface area contributed by atoms with Crippen LogP contribution in [0.1, 0.15) is 28.9 Å². The second kappa shape index (κ2) is 8.27. The summed E-state index contributed by atoms with van der Waals surface area (Å²) in [5.74, 6) is 0.0538. The van der Waals surface area contributed by atoms with Gasteiger partial charge in [-0.2, -0.15) is 0 Å². The first kappa shape index (κ1) is 18.9. The van der Waals surface area contributed by atoms with Gasteiger partial charge in [0, 0.05) is 36.3 Å². The quantitative estimate of drug-likeness (QED) is 0.480.